The van der Waals surface area contributed by atoms with Crippen LogP contribution >= 0.6 is 11.6 Å². The summed E-state index contributed by atoms with van der Waals surface area (Å²) in [6.45, 7) is 7.63. The summed E-state index contributed by atoms with van der Waals surface area (Å²) >= 11 is 6.36. The number of amides is 2. The number of ether oxygens (including phenoxy) is 1. The number of carbonyl (C=O) groups is 2. The number of hydrogen-bond acceptors (Lipinski definition) is 5. The standard InChI is InChI=1S/C31H38ClN3O5S/c1-22(2)20-33-31(37)24(4)34(18-17-25-9-7-6-8-10-25)30(36)21-35(26-13-16-29(40-5)28(32)19-26)41(38,39)27-14-11-23(3)12-15-27/h6-16,19,22,24H,17-18,20-21H2,1-5H3,(H,33,37)/t24-/m1/s1. The highest BCUT2D eigenvalue weighted by Crippen LogP contribution is 2.32. The maximum atomic E-state index is 14.0. The summed E-state index contributed by atoms with van der Waals surface area (Å²) in [5.74, 6) is -0.222. The van der Waals surface area contributed by atoms with Gasteiger partial charge in [0, 0.05) is 13.1 Å². The summed E-state index contributed by atoms with van der Waals surface area (Å²) in [5.41, 5.74) is 2.09. The Balaban J connectivity index is 2.00. The molecule has 3 aromatic rings. The zero-order valence-electron chi connectivity index (χ0n) is 24.1. The van der Waals surface area contributed by atoms with Gasteiger partial charge >= 0.3 is 0 Å². The molecule has 0 aliphatic carbocycles. The Labute approximate surface area is 248 Å². The molecule has 3 aromatic carbocycles. The summed E-state index contributed by atoms with van der Waals surface area (Å²) in [6.07, 6.45) is 0.494. The van der Waals surface area contributed by atoms with Crippen molar-refractivity contribution in [2.45, 2.75) is 45.1 Å². The van der Waals surface area contributed by atoms with Gasteiger partial charge < -0.3 is 15.0 Å². The highest BCUT2D eigenvalue weighted by Gasteiger charge is 2.32. The smallest absolute Gasteiger partial charge is 0.264 e. The SMILES string of the molecule is COc1ccc(N(CC(=O)N(CCc2ccccc2)[C@H](C)C(=O)NCC(C)C)S(=O)(=O)c2ccc(C)cc2)cc1Cl. The molecule has 0 unspecified atom stereocenters. The Morgan fingerprint density at radius 3 is 2.22 bits per heavy atom. The molecule has 0 fully saturated rings. The first-order valence-corrected chi connectivity index (χ1v) is 15.3. The molecule has 0 saturated carbocycles. The number of hydrogen-bond donors (Lipinski definition) is 1. The van der Waals surface area contributed by atoms with Crippen LogP contribution in [0.1, 0.15) is 31.9 Å². The van der Waals surface area contributed by atoms with Gasteiger partial charge in [-0.1, -0.05) is 73.5 Å². The summed E-state index contributed by atoms with van der Waals surface area (Å²) in [4.78, 5) is 28.5. The van der Waals surface area contributed by atoms with Gasteiger partial charge in [-0.2, -0.15) is 0 Å². The maximum Gasteiger partial charge on any atom is 0.264 e. The summed E-state index contributed by atoms with van der Waals surface area (Å²) < 4.78 is 34.1. The van der Waals surface area contributed by atoms with E-state index in [4.69, 9.17) is 16.3 Å². The molecule has 1 atom stereocenters. The van der Waals surface area contributed by atoms with Gasteiger partial charge in [0.15, 0.2) is 0 Å². The molecule has 0 aliphatic heterocycles. The normalized spacial score (nSPS) is 12.1. The van der Waals surface area contributed by atoms with Crippen LogP contribution in [0.2, 0.25) is 5.02 Å². The fraction of sp³-hybridized carbons (Fsp3) is 0.355. The molecule has 0 radical (unpaired) electrons. The minimum absolute atomic E-state index is 0.0291. The van der Waals surface area contributed by atoms with Gasteiger partial charge in [-0.3, -0.25) is 13.9 Å². The van der Waals surface area contributed by atoms with Crippen molar-refractivity contribution in [2.24, 2.45) is 5.92 Å². The maximum absolute atomic E-state index is 14.0. The number of nitrogens with zero attached hydrogens (tertiary/aromatic N) is 2. The Morgan fingerprint density at radius 1 is 0.976 bits per heavy atom. The van der Waals surface area contributed by atoms with E-state index in [9.17, 15) is 18.0 Å². The van der Waals surface area contributed by atoms with Gasteiger partial charge in [0.05, 0.1) is 22.7 Å². The van der Waals surface area contributed by atoms with Crippen molar-refractivity contribution >= 4 is 39.1 Å². The zero-order chi connectivity index (χ0) is 30.2. The largest absolute Gasteiger partial charge is 0.495 e. The summed E-state index contributed by atoms with van der Waals surface area (Å²) in [6, 6.07) is 19.7. The molecule has 0 saturated heterocycles. The first-order chi connectivity index (χ1) is 19.4. The monoisotopic (exact) mass is 599 g/mol. The topological polar surface area (TPSA) is 96.0 Å². The lowest BCUT2D eigenvalue weighted by Gasteiger charge is -2.32. The van der Waals surface area contributed by atoms with E-state index in [0.29, 0.717) is 18.7 Å². The molecule has 10 heteroatoms. The van der Waals surface area contributed by atoms with Crippen LogP contribution in [0.4, 0.5) is 5.69 Å². The average Bonchev–Trinajstić information content (AvgIpc) is 2.95. The van der Waals surface area contributed by atoms with Gasteiger partial charge in [-0.05, 0) is 62.1 Å². The van der Waals surface area contributed by atoms with Crippen LogP contribution in [-0.2, 0) is 26.0 Å². The van der Waals surface area contributed by atoms with E-state index in [0.717, 1.165) is 15.4 Å². The van der Waals surface area contributed by atoms with Crippen molar-refractivity contribution in [1.82, 2.24) is 10.2 Å². The molecule has 0 aliphatic rings. The molecule has 220 valence electrons. The molecule has 0 aromatic heterocycles. The minimum Gasteiger partial charge on any atom is -0.495 e. The van der Waals surface area contributed by atoms with Gasteiger partial charge in [0.1, 0.15) is 18.3 Å². The van der Waals surface area contributed by atoms with Gasteiger partial charge in [0.2, 0.25) is 11.8 Å². The van der Waals surface area contributed by atoms with Crippen molar-refractivity contribution < 1.29 is 22.7 Å². The van der Waals surface area contributed by atoms with Crippen LogP contribution in [0, 0.1) is 12.8 Å². The third-order valence-electron chi connectivity index (χ3n) is 6.65. The van der Waals surface area contributed by atoms with E-state index in [1.54, 1.807) is 25.1 Å². The van der Waals surface area contributed by atoms with Crippen molar-refractivity contribution in [3.05, 3.63) is 88.9 Å². The molecule has 3 rings (SSSR count). The second kappa shape index (κ2) is 14.4. The summed E-state index contributed by atoms with van der Waals surface area (Å²) in [5, 5.41) is 3.08. The zero-order valence-corrected chi connectivity index (χ0v) is 25.7. The van der Waals surface area contributed by atoms with E-state index in [1.165, 1.54) is 36.3 Å². The van der Waals surface area contributed by atoms with E-state index in [-0.39, 0.29) is 34.0 Å². The molecule has 41 heavy (non-hydrogen) atoms. The molecule has 0 bridgehead atoms. The lowest BCUT2D eigenvalue weighted by atomic mass is 10.1. The van der Waals surface area contributed by atoms with Gasteiger partial charge in [-0.15, -0.1) is 0 Å². The Bertz CT molecular complexity index is 1430. The first kappa shape index (κ1) is 32.0. The van der Waals surface area contributed by atoms with Crippen molar-refractivity contribution in [2.75, 3.05) is 31.0 Å². The molecule has 8 nitrogen and oxygen atoms in total. The minimum atomic E-state index is -4.18. The number of nitrogens with one attached hydrogen (secondary N) is 1. The number of carbonyl (C=O) groups excluding carboxylic acids is 2. The number of halogens is 1. The second-order valence-electron chi connectivity index (χ2n) is 10.3. The number of rotatable bonds is 13. The molecule has 0 spiro atoms. The summed E-state index contributed by atoms with van der Waals surface area (Å²) in [7, 11) is -2.72. The number of sulfonamides is 1. The second-order valence-corrected chi connectivity index (χ2v) is 12.6. The Kier molecular flexibility index (Phi) is 11.2. The van der Waals surface area contributed by atoms with Crippen LogP contribution in [0.15, 0.2) is 77.7 Å². The fourth-order valence-corrected chi connectivity index (χ4v) is 5.86. The number of benzene rings is 3. The predicted molar refractivity (Wildman–Crippen MR) is 163 cm³/mol. The number of anilines is 1. The lowest BCUT2D eigenvalue weighted by Crippen LogP contribution is -2.52. The highest BCUT2D eigenvalue weighted by atomic mass is 35.5. The fourth-order valence-electron chi connectivity index (χ4n) is 4.20. The molecular formula is C31H38ClN3O5S. The molecule has 0 heterocycles. The van der Waals surface area contributed by atoms with Crippen molar-refractivity contribution in [3.63, 3.8) is 0 Å². The first-order valence-electron chi connectivity index (χ1n) is 13.5. The van der Waals surface area contributed by atoms with Gasteiger partial charge in [-0.25, -0.2) is 8.42 Å². The van der Waals surface area contributed by atoms with E-state index >= 15 is 0 Å². The molecular weight excluding hydrogens is 562 g/mol. The van der Waals surface area contributed by atoms with E-state index in [1.807, 2.05) is 51.1 Å². The molecule has 1 N–H and O–H groups in total. The Hall–Kier alpha value is -3.56. The molecule has 2 amide bonds. The van der Waals surface area contributed by atoms with Crippen molar-refractivity contribution in [1.29, 1.82) is 0 Å². The lowest BCUT2D eigenvalue weighted by molar-refractivity contribution is -0.138. The van der Waals surface area contributed by atoms with Gasteiger partial charge in [0.25, 0.3) is 10.0 Å². The third kappa shape index (κ3) is 8.47. The Morgan fingerprint density at radius 2 is 1.63 bits per heavy atom. The van der Waals surface area contributed by atoms with E-state index < -0.39 is 28.5 Å². The highest BCUT2D eigenvalue weighted by molar-refractivity contribution is 7.92. The van der Waals surface area contributed by atoms with Crippen LogP contribution < -0.4 is 14.4 Å². The number of aryl methyl sites for hydroxylation is 1. The van der Waals surface area contributed by atoms with Crippen LogP contribution in [-0.4, -0.2) is 57.9 Å². The third-order valence-corrected chi connectivity index (χ3v) is 8.73. The predicted octanol–water partition coefficient (Wildman–Crippen LogP) is 5.08. The van der Waals surface area contributed by atoms with Crippen molar-refractivity contribution in [3.8, 4) is 5.75 Å². The van der Waals surface area contributed by atoms with Crippen LogP contribution in [0.3, 0.4) is 0 Å². The average molecular weight is 600 g/mol. The number of methoxy groups -OCH3 is 1. The van der Waals surface area contributed by atoms with E-state index in [2.05, 4.69) is 5.32 Å². The van der Waals surface area contributed by atoms with Crippen LogP contribution in [0.25, 0.3) is 0 Å². The quantitative estimate of drug-likeness (QED) is 0.295. The van der Waals surface area contributed by atoms with Crippen LogP contribution in [0.5, 0.6) is 5.75 Å².